The molecule has 2 aromatic rings. The van der Waals surface area contributed by atoms with E-state index in [1.807, 2.05) is 44.2 Å². The molecular formula is C20H23NO4. The maximum atomic E-state index is 11.9. The molecule has 0 radical (unpaired) electrons. The molecule has 0 saturated carbocycles. The van der Waals surface area contributed by atoms with Crippen LogP contribution in [0.1, 0.15) is 25.0 Å². The second kappa shape index (κ2) is 9.47. The highest BCUT2D eigenvalue weighted by Crippen LogP contribution is 2.13. The highest BCUT2D eigenvalue weighted by atomic mass is 16.5. The normalized spacial score (nSPS) is 10.2. The SMILES string of the molecule is CCOc1ccc(CC(=O)OCC(=O)Nc2cccc(CC)c2)cc1. The van der Waals surface area contributed by atoms with Gasteiger partial charge in [-0.25, -0.2) is 0 Å². The largest absolute Gasteiger partial charge is 0.494 e. The molecule has 0 aliphatic heterocycles. The monoisotopic (exact) mass is 341 g/mol. The molecule has 0 aromatic heterocycles. The van der Waals surface area contributed by atoms with Crippen LogP contribution in [-0.4, -0.2) is 25.1 Å². The lowest BCUT2D eigenvalue weighted by molar-refractivity contribution is -0.146. The van der Waals surface area contributed by atoms with Gasteiger partial charge in [-0.15, -0.1) is 0 Å². The molecule has 1 amide bonds. The van der Waals surface area contributed by atoms with Gasteiger partial charge in [0, 0.05) is 5.69 Å². The van der Waals surface area contributed by atoms with Gasteiger partial charge in [-0.1, -0.05) is 31.2 Å². The lowest BCUT2D eigenvalue weighted by Gasteiger charge is -2.08. The third kappa shape index (κ3) is 6.30. The molecule has 0 unspecified atom stereocenters. The Labute approximate surface area is 148 Å². The summed E-state index contributed by atoms with van der Waals surface area (Å²) in [6.07, 6.45) is 1.01. The van der Waals surface area contributed by atoms with E-state index in [-0.39, 0.29) is 18.9 Å². The molecule has 2 aromatic carbocycles. The van der Waals surface area contributed by atoms with Gasteiger partial charge in [-0.05, 0) is 48.7 Å². The summed E-state index contributed by atoms with van der Waals surface area (Å²) in [4.78, 5) is 23.7. The highest BCUT2D eigenvalue weighted by Gasteiger charge is 2.09. The summed E-state index contributed by atoms with van der Waals surface area (Å²) in [6.45, 7) is 4.25. The number of rotatable bonds is 8. The minimum atomic E-state index is -0.443. The first-order valence-corrected chi connectivity index (χ1v) is 8.37. The number of aryl methyl sites for hydroxylation is 1. The number of hydrogen-bond donors (Lipinski definition) is 1. The lowest BCUT2D eigenvalue weighted by Crippen LogP contribution is -2.21. The van der Waals surface area contributed by atoms with Gasteiger partial charge < -0.3 is 14.8 Å². The highest BCUT2D eigenvalue weighted by molar-refractivity contribution is 5.92. The molecule has 0 fully saturated rings. The zero-order valence-electron chi connectivity index (χ0n) is 14.6. The zero-order valence-corrected chi connectivity index (χ0v) is 14.6. The number of carbonyl (C=O) groups excluding carboxylic acids is 2. The summed E-state index contributed by atoms with van der Waals surface area (Å²) in [6, 6.07) is 14.8. The molecule has 0 aliphatic rings. The van der Waals surface area contributed by atoms with E-state index in [9.17, 15) is 9.59 Å². The second-order valence-corrected chi connectivity index (χ2v) is 5.52. The van der Waals surface area contributed by atoms with Crippen molar-refractivity contribution in [2.24, 2.45) is 0 Å². The Kier molecular flexibility index (Phi) is 7.01. The van der Waals surface area contributed by atoms with E-state index in [4.69, 9.17) is 9.47 Å². The Morgan fingerprint density at radius 3 is 2.44 bits per heavy atom. The van der Waals surface area contributed by atoms with Crippen molar-refractivity contribution in [1.29, 1.82) is 0 Å². The van der Waals surface area contributed by atoms with Crippen LogP contribution in [0.15, 0.2) is 48.5 Å². The Morgan fingerprint density at radius 2 is 1.76 bits per heavy atom. The molecule has 0 saturated heterocycles. The minimum absolute atomic E-state index is 0.116. The van der Waals surface area contributed by atoms with Crippen molar-refractivity contribution in [3.05, 3.63) is 59.7 Å². The van der Waals surface area contributed by atoms with Crippen LogP contribution in [0.3, 0.4) is 0 Å². The first-order chi connectivity index (χ1) is 12.1. The quantitative estimate of drug-likeness (QED) is 0.748. The fourth-order valence-electron chi connectivity index (χ4n) is 2.30. The Hall–Kier alpha value is -2.82. The van der Waals surface area contributed by atoms with Gasteiger partial charge in [0.2, 0.25) is 0 Å². The number of nitrogens with one attached hydrogen (secondary N) is 1. The fraction of sp³-hybridized carbons (Fsp3) is 0.300. The van der Waals surface area contributed by atoms with Crippen molar-refractivity contribution in [3.8, 4) is 5.75 Å². The van der Waals surface area contributed by atoms with Crippen LogP contribution in [0.5, 0.6) is 5.75 Å². The van der Waals surface area contributed by atoms with Crippen LogP contribution in [0.4, 0.5) is 5.69 Å². The third-order valence-corrected chi connectivity index (χ3v) is 3.57. The van der Waals surface area contributed by atoms with Gasteiger partial charge >= 0.3 is 5.97 Å². The summed E-state index contributed by atoms with van der Waals surface area (Å²) in [5.41, 5.74) is 2.64. The predicted molar refractivity (Wildman–Crippen MR) is 96.7 cm³/mol. The maximum absolute atomic E-state index is 11.9. The molecule has 5 nitrogen and oxygen atoms in total. The van der Waals surface area contributed by atoms with E-state index in [0.29, 0.717) is 12.3 Å². The topological polar surface area (TPSA) is 64.6 Å². The van der Waals surface area contributed by atoms with Gasteiger partial charge in [0.05, 0.1) is 13.0 Å². The summed E-state index contributed by atoms with van der Waals surface area (Å²) < 4.78 is 10.4. The third-order valence-electron chi connectivity index (χ3n) is 3.57. The van der Waals surface area contributed by atoms with Gasteiger partial charge in [0.25, 0.3) is 5.91 Å². The van der Waals surface area contributed by atoms with Gasteiger partial charge in [-0.3, -0.25) is 9.59 Å². The fourth-order valence-corrected chi connectivity index (χ4v) is 2.30. The maximum Gasteiger partial charge on any atom is 0.310 e. The first kappa shape index (κ1) is 18.5. The van der Waals surface area contributed by atoms with Crippen molar-refractivity contribution in [2.75, 3.05) is 18.5 Å². The van der Waals surface area contributed by atoms with Crippen molar-refractivity contribution in [2.45, 2.75) is 26.7 Å². The zero-order chi connectivity index (χ0) is 18.1. The number of amides is 1. The Balaban J connectivity index is 1.77. The van der Waals surface area contributed by atoms with Crippen LogP contribution < -0.4 is 10.1 Å². The molecular weight excluding hydrogens is 318 g/mol. The molecule has 25 heavy (non-hydrogen) atoms. The second-order valence-electron chi connectivity index (χ2n) is 5.52. The average Bonchev–Trinajstić information content (AvgIpc) is 2.62. The van der Waals surface area contributed by atoms with Crippen molar-refractivity contribution >= 4 is 17.6 Å². The molecule has 132 valence electrons. The van der Waals surface area contributed by atoms with Crippen molar-refractivity contribution in [3.63, 3.8) is 0 Å². The van der Waals surface area contributed by atoms with E-state index < -0.39 is 5.97 Å². The predicted octanol–water partition coefficient (Wildman–Crippen LogP) is 3.37. The van der Waals surface area contributed by atoms with E-state index in [0.717, 1.165) is 23.3 Å². The number of esters is 1. The Morgan fingerprint density at radius 1 is 1.00 bits per heavy atom. The van der Waals surface area contributed by atoms with E-state index in [2.05, 4.69) is 5.32 Å². The molecule has 5 heteroatoms. The average molecular weight is 341 g/mol. The molecule has 0 atom stereocenters. The molecule has 0 bridgehead atoms. The molecule has 0 aliphatic carbocycles. The summed E-state index contributed by atoms with van der Waals surface area (Å²) in [7, 11) is 0. The molecule has 0 spiro atoms. The van der Waals surface area contributed by atoms with Crippen LogP contribution >= 0.6 is 0 Å². The van der Waals surface area contributed by atoms with Crippen LogP contribution in [0.25, 0.3) is 0 Å². The summed E-state index contributed by atoms with van der Waals surface area (Å²) >= 11 is 0. The van der Waals surface area contributed by atoms with Crippen LogP contribution in [0.2, 0.25) is 0 Å². The van der Waals surface area contributed by atoms with E-state index in [1.54, 1.807) is 18.2 Å². The lowest BCUT2D eigenvalue weighted by atomic mass is 10.1. The first-order valence-electron chi connectivity index (χ1n) is 8.37. The Bertz CT molecular complexity index is 710. The molecule has 2 rings (SSSR count). The molecule has 0 heterocycles. The van der Waals surface area contributed by atoms with E-state index in [1.165, 1.54) is 0 Å². The van der Waals surface area contributed by atoms with Gasteiger partial charge in [0.1, 0.15) is 5.75 Å². The summed E-state index contributed by atoms with van der Waals surface area (Å²) in [5, 5.41) is 2.72. The minimum Gasteiger partial charge on any atom is -0.494 e. The smallest absolute Gasteiger partial charge is 0.310 e. The number of benzene rings is 2. The number of carbonyl (C=O) groups is 2. The number of ether oxygens (including phenoxy) is 2. The van der Waals surface area contributed by atoms with Crippen molar-refractivity contribution in [1.82, 2.24) is 0 Å². The van der Waals surface area contributed by atoms with Crippen molar-refractivity contribution < 1.29 is 19.1 Å². The number of hydrogen-bond acceptors (Lipinski definition) is 4. The van der Waals surface area contributed by atoms with Crippen LogP contribution in [-0.2, 0) is 27.2 Å². The standard InChI is InChI=1S/C20H23NO4/c1-3-15-6-5-7-17(12-15)21-19(22)14-25-20(23)13-16-8-10-18(11-9-16)24-4-2/h5-12H,3-4,13-14H2,1-2H3,(H,21,22). The summed E-state index contributed by atoms with van der Waals surface area (Å²) in [5.74, 6) is -0.0387. The molecule has 1 N–H and O–H groups in total. The van der Waals surface area contributed by atoms with Crippen LogP contribution in [0, 0.1) is 0 Å². The van der Waals surface area contributed by atoms with E-state index >= 15 is 0 Å². The number of anilines is 1. The van der Waals surface area contributed by atoms with Gasteiger partial charge in [-0.2, -0.15) is 0 Å². The van der Waals surface area contributed by atoms with Gasteiger partial charge in [0.15, 0.2) is 6.61 Å².